The number of hydrogen-bond donors (Lipinski definition) is 1. The largest absolute Gasteiger partial charge is 0.323 e. The van der Waals surface area contributed by atoms with E-state index in [-0.39, 0.29) is 22.8 Å². The molecular weight excluding hydrogens is 410 g/mol. The molecule has 2 atom stereocenters. The summed E-state index contributed by atoms with van der Waals surface area (Å²) in [5.41, 5.74) is -0.457. The summed E-state index contributed by atoms with van der Waals surface area (Å²) in [5, 5.41) is 4.10. The van der Waals surface area contributed by atoms with Crippen molar-refractivity contribution in [3.8, 4) is 0 Å². The van der Waals surface area contributed by atoms with E-state index in [1.165, 1.54) is 4.31 Å². The molecule has 6 nitrogen and oxygen atoms in total. The van der Waals surface area contributed by atoms with Gasteiger partial charge < -0.3 is 4.90 Å². The second kappa shape index (κ2) is 8.53. The molecule has 2 heterocycles. The molecule has 0 aliphatic carbocycles. The van der Waals surface area contributed by atoms with E-state index in [4.69, 9.17) is 11.6 Å². The zero-order chi connectivity index (χ0) is 21.4. The van der Waals surface area contributed by atoms with E-state index in [9.17, 15) is 13.2 Å². The summed E-state index contributed by atoms with van der Waals surface area (Å²) in [6, 6.07) is 6.07. The monoisotopic (exact) mass is 441 g/mol. The van der Waals surface area contributed by atoms with Crippen molar-refractivity contribution in [2.45, 2.75) is 63.6 Å². The molecule has 1 spiro atoms. The van der Waals surface area contributed by atoms with Crippen LogP contribution in [0.4, 0.5) is 0 Å². The Hall–Kier alpha value is -1.15. The van der Waals surface area contributed by atoms with Gasteiger partial charge >= 0.3 is 0 Å². The molecule has 1 N–H and O–H groups in total. The Balaban J connectivity index is 1.80. The van der Waals surface area contributed by atoms with E-state index in [1.54, 1.807) is 24.3 Å². The van der Waals surface area contributed by atoms with Crippen molar-refractivity contribution in [2.75, 3.05) is 19.6 Å². The van der Waals surface area contributed by atoms with Crippen molar-refractivity contribution in [2.24, 2.45) is 11.8 Å². The molecule has 2 saturated heterocycles. The van der Waals surface area contributed by atoms with Crippen molar-refractivity contribution in [1.29, 1.82) is 0 Å². The molecule has 0 saturated carbocycles. The highest BCUT2D eigenvalue weighted by atomic mass is 35.5. The number of hydrogen-bond acceptors (Lipinski definition) is 4. The zero-order valence-electron chi connectivity index (χ0n) is 17.7. The fourth-order valence-electron chi connectivity index (χ4n) is 4.23. The predicted octanol–water partition coefficient (Wildman–Crippen LogP) is 3.32. The van der Waals surface area contributed by atoms with Gasteiger partial charge in [-0.15, -0.1) is 0 Å². The molecule has 2 aliphatic heterocycles. The van der Waals surface area contributed by atoms with Crippen molar-refractivity contribution >= 4 is 27.5 Å². The zero-order valence-corrected chi connectivity index (χ0v) is 19.3. The standard InChI is InChI=1S/C21H32ClN3O3S/c1-5-16(4)14-25-20(26)19(15(2)3)23-21(25)10-12-24(13-11-21)29(27,28)18-8-6-17(22)7-9-18/h6-9,15-16,19,23H,5,10-14H2,1-4H3/t16-,19-/m1/s1. The minimum Gasteiger partial charge on any atom is -0.323 e. The molecule has 0 unspecified atom stereocenters. The Bertz CT molecular complexity index is 833. The summed E-state index contributed by atoms with van der Waals surface area (Å²) in [6.45, 7) is 9.86. The van der Waals surface area contributed by atoms with E-state index in [0.29, 0.717) is 43.4 Å². The van der Waals surface area contributed by atoms with E-state index < -0.39 is 15.7 Å². The quantitative estimate of drug-likeness (QED) is 0.735. The number of carbonyl (C=O) groups is 1. The second-order valence-electron chi connectivity index (χ2n) is 8.72. The van der Waals surface area contributed by atoms with Gasteiger partial charge in [-0.05, 0) is 48.9 Å². The van der Waals surface area contributed by atoms with Crippen molar-refractivity contribution < 1.29 is 13.2 Å². The smallest absolute Gasteiger partial charge is 0.243 e. The van der Waals surface area contributed by atoms with Gasteiger partial charge in [-0.3, -0.25) is 10.1 Å². The maximum Gasteiger partial charge on any atom is 0.243 e. The van der Waals surface area contributed by atoms with Crippen LogP contribution in [0, 0.1) is 11.8 Å². The third-order valence-corrected chi connectivity index (χ3v) is 8.50. The van der Waals surface area contributed by atoms with Crippen LogP contribution in [0.2, 0.25) is 5.02 Å². The number of piperidine rings is 1. The van der Waals surface area contributed by atoms with Gasteiger partial charge in [-0.25, -0.2) is 8.42 Å². The Morgan fingerprint density at radius 3 is 2.28 bits per heavy atom. The highest BCUT2D eigenvalue weighted by molar-refractivity contribution is 7.89. The highest BCUT2D eigenvalue weighted by Crippen LogP contribution is 2.36. The van der Waals surface area contributed by atoms with Gasteiger partial charge in [0.15, 0.2) is 0 Å². The summed E-state index contributed by atoms with van der Waals surface area (Å²) < 4.78 is 27.6. The lowest BCUT2D eigenvalue weighted by Crippen LogP contribution is -2.60. The first-order valence-electron chi connectivity index (χ1n) is 10.5. The van der Waals surface area contributed by atoms with Gasteiger partial charge in [-0.1, -0.05) is 45.7 Å². The second-order valence-corrected chi connectivity index (χ2v) is 11.1. The van der Waals surface area contributed by atoms with Crippen LogP contribution in [0.5, 0.6) is 0 Å². The molecule has 3 rings (SSSR count). The van der Waals surface area contributed by atoms with Crippen molar-refractivity contribution in [3.63, 3.8) is 0 Å². The van der Waals surface area contributed by atoms with Crippen LogP contribution in [0.15, 0.2) is 29.2 Å². The van der Waals surface area contributed by atoms with E-state index in [0.717, 1.165) is 6.42 Å². The van der Waals surface area contributed by atoms with Gasteiger partial charge in [0.1, 0.15) is 0 Å². The minimum absolute atomic E-state index is 0.148. The maximum atomic E-state index is 13.1. The first-order chi connectivity index (χ1) is 13.6. The number of sulfonamides is 1. The molecule has 162 valence electrons. The van der Waals surface area contributed by atoms with E-state index >= 15 is 0 Å². The summed E-state index contributed by atoms with van der Waals surface area (Å²) in [7, 11) is -3.57. The molecule has 0 bridgehead atoms. The van der Waals surface area contributed by atoms with Gasteiger partial charge in [0.05, 0.1) is 16.6 Å². The number of nitrogens with zero attached hydrogens (tertiary/aromatic N) is 2. The molecule has 1 aromatic rings. The third-order valence-electron chi connectivity index (χ3n) is 6.33. The first kappa shape index (κ1) is 22.5. The first-order valence-corrected chi connectivity index (χ1v) is 12.3. The lowest BCUT2D eigenvalue weighted by atomic mass is 9.95. The number of rotatable bonds is 6. The van der Waals surface area contributed by atoms with Crippen LogP contribution in [-0.2, 0) is 14.8 Å². The molecular formula is C21H32ClN3O3S. The van der Waals surface area contributed by atoms with Crippen LogP contribution in [0.1, 0.15) is 47.0 Å². The van der Waals surface area contributed by atoms with Crippen molar-refractivity contribution in [3.05, 3.63) is 29.3 Å². The van der Waals surface area contributed by atoms with Crippen LogP contribution >= 0.6 is 11.6 Å². The average Bonchev–Trinajstić information content (AvgIpc) is 2.95. The van der Waals surface area contributed by atoms with Gasteiger partial charge in [0.25, 0.3) is 0 Å². The van der Waals surface area contributed by atoms with Gasteiger partial charge in [-0.2, -0.15) is 4.31 Å². The summed E-state index contributed by atoms with van der Waals surface area (Å²) in [5.74, 6) is 0.741. The number of halogens is 1. The van der Waals surface area contributed by atoms with Crippen LogP contribution in [-0.4, -0.2) is 54.9 Å². The third kappa shape index (κ3) is 4.33. The average molecular weight is 442 g/mol. The molecule has 1 amide bonds. The number of nitrogens with one attached hydrogen (secondary N) is 1. The summed E-state index contributed by atoms with van der Waals surface area (Å²) in [6.07, 6.45) is 2.18. The molecule has 8 heteroatoms. The fraction of sp³-hybridized carbons (Fsp3) is 0.667. The number of amides is 1. The molecule has 2 aliphatic rings. The van der Waals surface area contributed by atoms with E-state index in [1.807, 2.05) is 4.90 Å². The molecule has 2 fully saturated rings. The number of carbonyl (C=O) groups excluding carboxylic acids is 1. The highest BCUT2D eigenvalue weighted by Gasteiger charge is 2.53. The summed E-state index contributed by atoms with van der Waals surface area (Å²) in [4.78, 5) is 15.4. The van der Waals surface area contributed by atoms with Gasteiger partial charge in [0.2, 0.25) is 15.9 Å². The molecule has 0 aromatic heterocycles. The van der Waals surface area contributed by atoms with Crippen LogP contribution < -0.4 is 5.32 Å². The molecule has 1 aromatic carbocycles. The van der Waals surface area contributed by atoms with Gasteiger partial charge in [0, 0.05) is 24.7 Å². The normalized spacial score (nSPS) is 23.9. The summed E-state index contributed by atoms with van der Waals surface area (Å²) >= 11 is 5.90. The Morgan fingerprint density at radius 2 is 1.76 bits per heavy atom. The topological polar surface area (TPSA) is 69.7 Å². The molecule has 29 heavy (non-hydrogen) atoms. The number of benzene rings is 1. The Morgan fingerprint density at radius 1 is 1.17 bits per heavy atom. The Kier molecular flexibility index (Phi) is 6.63. The SMILES string of the molecule is CC[C@@H](C)CN1C(=O)[C@@H](C(C)C)NC12CCN(S(=O)(=O)c1ccc(Cl)cc1)CC2. The lowest BCUT2D eigenvalue weighted by Gasteiger charge is -2.45. The van der Waals surface area contributed by atoms with Crippen molar-refractivity contribution in [1.82, 2.24) is 14.5 Å². The predicted molar refractivity (Wildman–Crippen MR) is 115 cm³/mol. The minimum atomic E-state index is -3.57. The fourth-order valence-corrected chi connectivity index (χ4v) is 5.80. The van der Waals surface area contributed by atoms with E-state index in [2.05, 4.69) is 33.0 Å². The molecule has 0 radical (unpaired) electrons. The van der Waals surface area contributed by atoms with Crippen LogP contribution in [0.25, 0.3) is 0 Å². The maximum absolute atomic E-state index is 13.1. The Labute approximate surface area is 179 Å². The van der Waals surface area contributed by atoms with Crippen LogP contribution in [0.3, 0.4) is 0 Å². The lowest BCUT2D eigenvalue weighted by molar-refractivity contribution is -0.134.